The van der Waals surface area contributed by atoms with Gasteiger partial charge in [0.1, 0.15) is 0 Å². The maximum atomic E-state index is 12.8. The fourth-order valence-electron chi connectivity index (χ4n) is 2.38. The van der Waals surface area contributed by atoms with Crippen LogP contribution in [0.25, 0.3) is 0 Å². The zero-order valence-corrected chi connectivity index (χ0v) is 13.1. The number of carbonyl (C=O) groups is 1. The molecule has 0 radical (unpaired) electrons. The van der Waals surface area contributed by atoms with Gasteiger partial charge in [0.2, 0.25) is 0 Å². The van der Waals surface area contributed by atoms with Crippen LogP contribution in [0, 0.1) is 0 Å². The van der Waals surface area contributed by atoms with Crippen molar-refractivity contribution in [1.29, 1.82) is 0 Å². The number of benzene rings is 2. The number of aliphatic carboxylic acids is 1. The highest BCUT2D eigenvalue weighted by molar-refractivity contribution is 7.73. The fourth-order valence-corrected chi connectivity index (χ4v) is 4.10. The smallest absolute Gasteiger partial charge is 0.303 e. The first kappa shape index (κ1) is 16.5. The van der Waals surface area contributed by atoms with Crippen molar-refractivity contribution in [1.82, 2.24) is 0 Å². The van der Waals surface area contributed by atoms with Crippen molar-refractivity contribution < 1.29 is 19.4 Å². The maximum Gasteiger partial charge on any atom is 0.303 e. The van der Waals surface area contributed by atoms with Crippen molar-refractivity contribution in [2.24, 2.45) is 0 Å². The van der Waals surface area contributed by atoms with Crippen molar-refractivity contribution in [3.05, 3.63) is 60.2 Å². The van der Waals surface area contributed by atoms with Crippen molar-refractivity contribution in [2.75, 3.05) is 0 Å². The minimum absolute atomic E-state index is 0.123. The van der Waals surface area contributed by atoms with Crippen molar-refractivity contribution >= 4 is 23.9 Å². The Balaban J connectivity index is 2.21. The predicted octanol–water partition coefficient (Wildman–Crippen LogP) is 2.71. The molecule has 5 heteroatoms. The summed E-state index contributed by atoms with van der Waals surface area (Å²) in [4.78, 5) is 21.1. The van der Waals surface area contributed by atoms with Gasteiger partial charge in [-0.25, -0.2) is 0 Å². The molecule has 2 rings (SSSR count). The fraction of sp³-hybridized carbons (Fsp3) is 0.235. The van der Waals surface area contributed by atoms with Crippen LogP contribution in [-0.2, 0) is 15.8 Å². The number of aryl methyl sites for hydroxylation is 1. The molecule has 0 aromatic heterocycles. The molecule has 0 aliphatic rings. The van der Waals surface area contributed by atoms with Crippen LogP contribution < -0.4 is 10.6 Å². The second-order valence-corrected chi connectivity index (χ2v) is 7.29. The van der Waals surface area contributed by atoms with Crippen LogP contribution in [0.2, 0.25) is 0 Å². The number of rotatable bonds is 7. The lowest BCUT2D eigenvalue weighted by Gasteiger charge is -2.16. The summed E-state index contributed by atoms with van der Waals surface area (Å²) in [6, 6.07) is 15.7. The summed E-state index contributed by atoms with van der Waals surface area (Å²) in [5.74, 6) is -0.814. The molecule has 116 valence electrons. The van der Waals surface area contributed by atoms with Gasteiger partial charge in [0.25, 0.3) is 7.37 Å². The number of carboxylic acids is 1. The standard InChI is InChI=1S/C17H19O4P/c18-17(19)13-7-5-9-14-8-4-6-12-16(14)22(20,21)15-10-2-1-3-11-15/h1-4,6,8,10-12H,5,7,9,13H2,(H,18,19)(H,20,21). The van der Waals surface area contributed by atoms with Crippen LogP contribution in [0.4, 0.5) is 0 Å². The van der Waals surface area contributed by atoms with E-state index in [0.29, 0.717) is 29.9 Å². The van der Waals surface area contributed by atoms with Crippen LogP contribution in [0.5, 0.6) is 0 Å². The number of hydrogen-bond donors (Lipinski definition) is 2. The van der Waals surface area contributed by atoms with E-state index in [4.69, 9.17) is 5.11 Å². The SMILES string of the molecule is O=C(O)CCCCc1ccccc1P(=O)(O)c1ccccc1. The molecule has 2 N–H and O–H groups in total. The third-order valence-electron chi connectivity index (χ3n) is 3.51. The highest BCUT2D eigenvalue weighted by Gasteiger charge is 2.26. The van der Waals surface area contributed by atoms with Gasteiger partial charge < -0.3 is 10.00 Å². The van der Waals surface area contributed by atoms with Crippen molar-refractivity contribution in [3.63, 3.8) is 0 Å². The molecule has 0 aliphatic carbocycles. The normalized spacial score (nSPS) is 13.5. The lowest BCUT2D eigenvalue weighted by atomic mass is 10.1. The second kappa shape index (κ2) is 7.39. The molecule has 4 nitrogen and oxygen atoms in total. The van der Waals surface area contributed by atoms with Gasteiger partial charge in [-0.15, -0.1) is 0 Å². The first-order valence-electron chi connectivity index (χ1n) is 7.20. The summed E-state index contributed by atoms with van der Waals surface area (Å²) in [5.41, 5.74) is 0.808. The van der Waals surface area contributed by atoms with E-state index >= 15 is 0 Å². The largest absolute Gasteiger partial charge is 0.481 e. The molecule has 1 atom stereocenters. The molecule has 0 saturated heterocycles. The zero-order valence-electron chi connectivity index (χ0n) is 12.2. The van der Waals surface area contributed by atoms with E-state index in [-0.39, 0.29) is 6.42 Å². The molecule has 0 heterocycles. The first-order valence-corrected chi connectivity index (χ1v) is 8.86. The molecule has 22 heavy (non-hydrogen) atoms. The number of hydrogen-bond acceptors (Lipinski definition) is 2. The number of unbranched alkanes of at least 4 members (excludes halogenated alkanes) is 1. The highest BCUT2D eigenvalue weighted by atomic mass is 31.2. The van der Waals surface area contributed by atoms with E-state index < -0.39 is 13.3 Å². The molecule has 2 aromatic carbocycles. The number of carboxylic acid groups (broad SMARTS) is 1. The topological polar surface area (TPSA) is 74.6 Å². The minimum Gasteiger partial charge on any atom is -0.481 e. The Labute approximate surface area is 129 Å². The van der Waals surface area contributed by atoms with Gasteiger partial charge in [-0.1, -0.05) is 36.4 Å². The summed E-state index contributed by atoms with van der Waals surface area (Å²) in [6.45, 7) is 0. The van der Waals surface area contributed by atoms with E-state index in [2.05, 4.69) is 0 Å². The molecule has 0 fully saturated rings. The highest BCUT2D eigenvalue weighted by Crippen LogP contribution is 2.39. The summed E-state index contributed by atoms with van der Waals surface area (Å²) < 4.78 is 12.8. The van der Waals surface area contributed by atoms with Crippen LogP contribution in [0.15, 0.2) is 54.6 Å². The van der Waals surface area contributed by atoms with Gasteiger partial charge in [-0.2, -0.15) is 0 Å². The third kappa shape index (κ3) is 4.06. The molecule has 0 amide bonds. The van der Waals surface area contributed by atoms with E-state index in [1.54, 1.807) is 42.5 Å². The van der Waals surface area contributed by atoms with Crippen molar-refractivity contribution in [2.45, 2.75) is 25.7 Å². The lowest BCUT2D eigenvalue weighted by Crippen LogP contribution is -2.19. The van der Waals surface area contributed by atoms with E-state index in [0.717, 1.165) is 5.56 Å². The molecule has 0 aliphatic heterocycles. The monoisotopic (exact) mass is 318 g/mol. The van der Waals surface area contributed by atoms with Crippen LogP contribution >= 0.6 is 7.37 Å². The molecular weight excluding hydrogens is 299 g/mol. The average Bonchev–Trinajstić information content (AvgIpc) is 2.52. The van der Waals surface area contributed by atoms with Gasteiger partial charge in [0, 0.05) is 17.0 Å². The first-order chi connectivity index (χ1) is 10.5. The quantitative estimate of drug-likeness (QED) is 0.608. The zero-order chi connectivity index (χ0) is 16.0. The Bertz CT molecular complexity index is 682. The lowest BCUT2D eigenvalue weighted by molar-refractivity contribution is -0.137. The average molecular weight is 318 g/mol. The van der Waals surface area contributed by atoms with E-state index in [1.807, 2.05) is 12.1 Å². The van der Waals surface area contributed by atoms with Crippen molar-refractivity contribution in [3.8, 4) is 0 Å². The molecule has 2 aromatic rings. The van der Waals surface area contributed by atoms with Crippen LogP contribution in [0.1, 0.15) is 24.8 Å². The minimum atomic E-state index is -3.62. The Kier molecular flexibility index (Phi) is 5.53. The molecule has 0 bridgehead atoms. The summed E-state index contributed by atoms with van der Waals surface area (Å²) >= 11 is 0. The molecular formula is C17H19O4P. The Morgan fingerprint density at radius 1 is 0.955 bits per heavy atom. The second-order valence-electron chi connectivity index (χ2n) is 5.14. The molecule has 0 saturated carbocycles. The maximum absolute atomic E-state index is 12.8. The Morgan fingerprint density at radius 3 is 2.27 bits per heavy atom. The van der Waals surface area contributed by atoms with Crippen LogP contribution in [0.3, 0.4) is 0 Å². The van der Waals surface area contributed by atoms with E-state index in [1.165, 1.54) is 0 Å². The van der Waals surface area contributed by atoms with Gasteiger partial charge in [-0.05, 0) is 43.0 Å². The van der Waals surface area contributed by atoms with Gasteiger partial charge in [0.05, 0.1) is 0 Å². The van der Waals surface area contributed by atoms with Gasteiger partial charge in [-0.3, -0.25) is 9.36 Å². The Hall–Kier alpha value is -1.90. The van der Waals surface area contributed by atoms with Gasteiger partial charge >= 0.3 is 5.97 Å². The molecule has 1 unspecified atom stereocenters. The third-order valence-corrected chi connectivity index (χ3v) is 5.60. The van der Waals surface area contributed by atoms with E-state index in [9.17, 15) is 14.3 Å². The molecule has 0 spiro atoms. The van der Waals surface area contributed by atoms with Gasteiger partial charge in [0.15, 0.2) is 0 Å². The summed E-state index contributed by atoms with van der Waals surface area (Å²) in [6.07, 6.45) is 1.96. The van der Waals surface area contributed by atoms with Crippen LogP contribution in [-0.4, -0.2) is 16.0 Å². The Morgan fingerprint density at radius 2 is 1.59 bits per heavy atom. The summed E-state index contributed by atoms with van der Waals surface area (Å²) in [7, 11) is -3.62. The summed E-state index contributed by atoms with van der Waals surface area (Å²) in [5, 5.41) is 9.51. The predicted molar refractivity (Wildman–Crippen MR) is 87.2 cm³/mol.